The molecular formula is C45H25N5. The number of hydrogen-bond donors (Lipinski definition) is 0. The van der Waals surface area contributed by atoms with Crippen molar-refractivity contribution >= 4 is 49.3 Å². The van der Waals surface area contributed by atoms with Crippen LogP contribution in [0.4, 0.5) is 5.69 Å². The van der Waals surface area contributed by atoms with Gasteiger partial charge in [0.15, 0.2) is 5.69 Å². The standard InChI is InChI=1S/C45H25N5/c1-48-40-20-19-32(31-9-8-10-33(25-31)49-41-14-5-4-13-36(41)38-23-29(27-46)17-21-44(38)49)26-37(40)39-24-30(28-47)18-22-45(39)50-42-15-6-2-11-34(42)35-12-3-7-16-43(35)50/h2-26H. The van der Waals surface area contributed by atoms with Crippen LogP contribution in [0.3, 0.4) is 0 Å². The van der Waals surface area contributed by atoms with Crippen LogP contribution in [0.1, 0.15) is 11.1 Å². The first kappa shape index (κ1) is 28.8. The van der Waals surface area contributed by atoms with Gasteiger partial charge in [-0.15, -0.1) is 0 Å². The van der Waals surface area contributed by atoms with Gasteiger partial charge in [-0.25, -0.2) is 4.85 Å². The lowest BCUT2D eigenvalue weighted by atomic mass is 9.95. The minimum Gasteiger partial charge on any atom is -0.309 e. The van der Waals surface area contributed by atoms with Crippen LogP contribution in [-0.4, -0.2) is 9.13 Å². The van der Waals surface area contributed by atoms with Gasteiger partial charge in [-0.1, -0.05) is 84.9 Å². The van der Waals surface area contributed by atoms with E-state index in [9.17, 15) is 10.5 Å². The highest BCUT2D eigenvalue weighted by molar-refractivity contribution is 6.11. The first-order valence-electron chi connectivity index (χ1n) is 16.3. The molecular weight excluding hydrogens is 611 g/mol. The van der Waals surface area contributed by atoms with Crippen LogP contribution in [-0.2, 0) is 0 Å². The maximum Gasteiger partial charge on any atom is 0.195 e. The molecule has 0 aliphatic carbocycles. The Morgan fingerprint density at radius 2 is 1.04 bits per heavy atom. The number of nitriles is 2. The van der Waals surface area contributed by atoms with Gasteiger partial charge >= 0.3 is 0 Å². The second kappa shape index (κ2) is 11.4. The summed E-state index contributed by atoms with van der Waals surface area (Å²) in [6.45, 7) is 8.16. The van der Waals surface area contributed by atoms with Crippen LogP contribution >= 0.6 is 0 Å². The third-order valence-corrected chi connectivity index (χ3v) is 9.59. The normalized spacial score (nSPS) is 11.1. The summed E-state index contributed by atoms with van der Waals surface area (Å²) in [5, 5.41) is 24.0. The van der Waals surface area contributed by atoms with Gasteiger partial charge in [-0.2, -0.15) is 10.5 Å². The van der Waals surface area contributed by atoms with Gasteiger partial charge in [-0.3, -0.25) is 0 Å². The van der Waals surface area contributed by atoms with Gasteiger partial charge < -0.3 is 9.13 Å². The third kappa shape index (κ3) is 4.38. The van der Waals surface area contributed by atoms with E-state index in [0.29, 0.717) is 16.8 Å². The topological polar surface area (TPSA) is 61.8 Å². The van der Waals surface area contributed by atoms with E-state index >= 15 is 0 Å². The first-order chi connectivity index (χ1) is 24.7. The maximum atomic E-state index is 10.00. The molecule has 0 unspecified atom stereocenters. The van der Waals surface area contributed by atoms with Gasteiger partial charge in [0.1, 0.15) is 0 Å². The molecule has 0 saturated carbocycles. The Morgan fingerprint density at radius 3 is 1.72 bits per heavy atom. The first-order valence-corrected chi connectivity index (χ1v) is 16.3. The molecule has 0 aliphatic rings. The number of nitrogens with zero attached hydrogens (tertiary/aromatic N) is 5. The molecule has 2 aromatic heterocycles. The Balaban J connectivity index is 1.26. The van der Waals surface area contributed by atoms with Crippen molar-refractivity contribution < 1.29 is 0 Å². The lowest BCUT2D eigenvalue weighted by Gasteiger charge is -2.17. The number of rotatable bonds is 4. The average Bonchev–Trinajstić information content (AvgIpc) is 3.70. The van der Waals surface area contributed by atoms with Crippen molar-refractivity contribution in [2.24, 2.45) is 0 Å². The number of benzene rings is 7. The largest absolute Gasteiger partial charge is 0.309 e. The van der Waals surface area contributed by atoms with E-state index in [0.717, 1.165) is 77.2 Å². The summed E-state index contributed by atoms with van der Waals surface area (Å²) in [4.78, 5) is 3.96. The highest BCUT2D eigenvalue weighted by Gasteiger charge is 2.19. The van der Waals surface area contributed by atoms with Gasteiger partial charge in [-0.05, 0) is 89.0 Å². The fraction of sp³-hybridized carbons (Fsp3) is 0. The average molecular weight is 636 g/mol. The number of fused-ring (bicyclic) bond motifs is 6. The van der Waals surface area contributed by atoms with Crippen LogP contribution in [0.15, 0.2) is 152 Å². The van der Waals surface area contributed by atoms with Crippen LogP contribution in [0, 0.1) is 29.2 Å². The van der Waals surface area contributed by atoms with Crippen LogP contribution < -0.4 is 0 Å². The summed E-state index contributed by atoms with van der Waals surface area (Å²) in [6, 6.07) is 55.5. The molecule has 0 saturated heterocycles. The van der Waals surface area contributed by atoms with E-state index in [2.05, 4.69) is 105 Å². The van der Waals surface area contributed by atoms with Gasteiger partial charge in [0.2, 0.25) is 0 Å². The molecule has 0 bridgehead atoms. The van der Waals surface area contributed by atoms with Gasteiger partial charge in [0.05, 0.1) is 57.6 Å². The lowest BCUT2D eigenvalue weighted by Crippen LogP contribution is -1.98. The lowest BCUT2D eigenvalue weighted by molar-refractivity contribution is 1.18. The Labute approximate surface area is 288 Å². The summed E-state index contributed by atoms with van der Waals surface area (Å²) in [5.74, 6) is 0. The summed E-state index contributed by atoms with van der Waals surface area (Å²) in [6.07, 6.45) is 0. The van der Waals surface area contributed by atoms with Crippen LogP contribution in [0.5, 0.6) is 0 Å². The Hall–Kier alpha value is -7.39. The molecule has 2 heterocycles. The molecule has 0 atom stereocenters. The summed E-state index contributed by atoms with van der Waals surface area (Å²) in [5.41, 5.74) is 11.3. The molecule has 230 valence electrons. The molecule has 9 rings (SSSR count). The minimum atomic E-state index is 0.512. The zero-order valence-corrected chi connectivity index (χ0v) is 26.7. The van der Waals surface area contributed by atoms with E-state index in [1.54, 1.807) is 0 Å². The second-order valence-electron chi connectivity index (χ2n) is 12.3. The zero-order chi connectivity index (χ0) is 33.8. The van der Waals surface area contributed by atoms with Gasteiger partial charge in [0, 0.05) is 27.2 Å². The summed E-state index contributed by atoms with van der Waals surface area (Å²) < 4.78 is 4.47. The zero-order valence-electron chi connectivity index (χ0n) is 26.7. The highest BCUT2D eigenvalue weighted by atomic mass is 15.0. The van der Waals surface area contributed by atoms with Gasteiger partial charge in [0.25, 0.3) is 0 Å². The Kier molecular flexibility index (Phi) is 6.56. The molecule has 0 aliphatic heterocycles. The molecule has 5 heteroatoms. The minimum absolute atomic E-state index is 0.512. The Morgan fingerprint density at radius 1 is 0.460 bits per heavy atom. The molecule has 5 nitrogen and oxygen atoms in total. The maximum absolute atomic E-state index is 10.00. The number of para-hydroxylation sites is 3. The van der Waals surface area contributed by atoms with E-state index in [1.807, 2.05) is 72.8 Å². The molecule has 0 N–H and O–H groups in total. The SMILES string of the molecule is [C-]#[N+]c1ccc(-c2cccc(-n3c4ccccc4c4cc(C#N)ccc43)c2)cc1-c1cc(C#N)ccc1-n1c2ccccc2c2ccccc21. The predicted molar refractivity (Wildman–Crippen MR) is 202 cm³/mol. The predicted octanol–water partition coefficient (Wildman–Crippen LogP) is 11.5. The van der Waals surface area contributed by atoms with Crippen molar-refractivity contribution in [3.63, 3.8) is 0 Å². The fourth-order valence-corrected chi connectivity index (χ4v) is 7.37. The molecule has 0 spiro atoms. The molecule has 0 amide bonds. The van der Waals surface area contributed by atoms with E-state index in [1.165, 1.54) is 0 Å². The molecule has 9 aromatic rings. The van der Waals surface area contributed by atoms with Crippen molar-refractivity contribution in [3.8, 4) is 45.8 Å². The molecule has 0 radical (unpaired) electrons. The number of hydrogen-bond acceptors (Lipinski definition) is 2. The third-order valence-electron chi connectivity index (χ3n) is 9.59. The van der Waals surface area contributed by atoms with Crippen molar-refractivity contribution in [2.45, 2.75) is 0 Å². The monoisotopic (exact) mass is 635 g/mol. The molecule has 50 heavy (non-hydrogen) atoms. The highest BCUT2D eigenvalue weighted by Crippen LogP contribution is 2.42. The fourth-order valence-electron chi connectivity index (χ4n) is 7.37. The smallest absolute Gasteiger partial charge is 0.195 e. The summed E-state index contributed by atoms with van der Waals surface area (Å²) in [7, 11) is 0. The Bertz CT molecular complexity index is 2920. The molecule has 7 aromatic carbocycles. The molecule has 0 fully saturated rings. The van der Waals surface area contributed by atoms with E-state index in [-0.39, 0.29) is 0 Å². The second-order valence-corrected chi connectivity index (χ2v) is 12.3. The number of aromatic nitrogens is 2. The summed E-state index contributed by atoms with van der Waals surface area (Å²) >= 11 is 0. The van der Waals surface area contributed by atoms with Crippen molar-refractivity contribution in [1.82, 2.24) is 9.13 Å². The van der Waals surface area contributed by atoms with E-state index in [4.69, 9.17) is 6.57 Å². The van der Waals surface area contributed by atoms with Crippen molar-refractivity contribution in [2.75, 3.05) is 0 Å². The van der Waals surface area contributed by atoms with Crippen molar-refractivity contribution in [3.05, 3.63) is 174 Å². The van der Waals surface area contributed by atoms with Crippen molar-refractivity contribution in [1.29, 1.82) is 10.5 Å². The van der Waals surface area contributed by atoms with E-state index < -0.39 is 0 Å². The quantitative estimate of drug-likeness (QED) is 0.181. The van der Waals surface area contributed by atoms with Crippen LogP contribution in [0.2, 0.25) is 0 Å². The van der Waals surface area contributed by atoms with Crippen LogP contribution in [0.25, 0.3) is 82.1 Å².